The molecule has 154 valence electrons. The molecular weight excluding hydrogens is 364 g/mol. The van der Waals surface area contributed by atoms with Gasteiger partial charge in [0.25, 0.3) is 0 Å². The second-order valence-corrected chi connectivity index (χ2v) is 8.50. The molecule has 0 aromatic carbocycles. The third kappa shape index (κ3) is 4.38. The molecule has 4 rings (SSSR count). The Morgan fingerprint density at radius 2 is 1.83 bits per heavy atom. The third-order valence-electron chi connectivity index (χ3n) is 6.32. The Labute approximate surface area is 172 Å². The largest absolute Gasteiger partial charge is 0.356 e. The van der Waals surface area contributed by atoms with Gasteiger partial charge in [0.2, 0.25) is 5.91 Å². The van der Waals surface area contributed by atoms with E-state index in [0.29, 0.717) is 13.0 Å². The first kappa shape index (κ1) is 19.7. The van der Waals surface area contributed by atoms with E-state index < -0.39 is 0 Å². The van der Waals surface area contributed by atoms with E-state index in [1.54, 1.807) is 12.4 Å². The lowest BCUT2D eigenvalue weighted by molar-refractivity contribution is -0.139. The highest BCUT2D eigenvalue weighted by atomic mass is 16.2. The molecule has 2 aromatic heterocycles. The fourth-order valence-corrected chi connectivity index (χ4v) is 4.52. The van der Waals surface area contributed by atoms with Gasteiger partial charge in [-0.1, -0.05) is 6.92 Å². The van der Waals surface area contributed by atoms with Gasteiger partial charge < -0.3 is 9.80 Å². The summed E-state index contributed by atoms with van der Waals surface area (Å²) < 4.78 is 0. The fourth-order valence-electron chi connectivity index (χ4n) is 4.52. The van der Waals surface area contributed by atoms with Gasteiger partial charge in [0, 0.05) is 44.0 Å². The van der Waals surface area contributed by atoms with Crippen LogP contribution < -0.4 is 4.90 Å². The van der Waals surface area contributed by atoms with E-state index in [2.05, 4.69) is 37.8 Å². The number of carbonyl (C=O) groups excluding carboxylic acids is 1. The summed E-state index contributed by atoms with van der Waals surface area (Å²) in [6.45, 7) is 9.35. The van der Waals surface area contributed by atoms with E-state index in [-0.39, 0.29) is 11.3 Å². The number of aryl methyl sites for hydroxylation is 3. The zero-order chi connectivity index (χ0) is 20.4. The van der Waals surface area contributed by atoms with Gasteiger partial charge in [-0.25, -0.2) is 9.97 Å². The molecule has 2 aliphatic rings. The second kappa shape index (κ2) is 8.05. The Bertz CT molecular complexity index is 873. The number of nitrogens with zero attached hydrogens (tertiary/aromatic N) is 6. The molecule has 0 radical (unpaired) electrons. The topological polar surface area (TPSA) is 75.1 Å². The molecular formula is C22H30N6O. The van der Waals surface area contributed by atoms with Gasteiger partial charge in [0.15, 0.2) is 0 Å². The zero-order valence-corrected chi connectivity index (χ0v) is 17.7. The van der Waals surface area contributed by atoms with Gasteiger partial charge in [-0.3, -0.25) is 14.8 Å². The van der Waals surface area contributed by atoms with Gasteiger partial charge in [-0.05, 0) is 44.9 Å². The molecule has 0 bridgehead atoms. The average molecular weight is 395 g/mol. The van der Waals surface area contributed by atoms with Crippen molar-refractivity contribution in [3.63, 3.8) is 0 Å². The Morgan fingerprint density at radius 1 is 1.03 bits per heavy atom. The second-order valence-electron chi connectivity index (χ2n) is 8.50. The predicted octanol–water partition coefficient (Wildman–Crippen LogP) is 2.86. The van der Waals surface area contributed by atoms with Crippen molar-refractivity contribution in [3.8, 4) is 0 Å². The monoisotopic (exact) mass is 394 g/mol. The standard InChI is InChI=1S/C22H30N6O/c1-4-18-11-20(26-17(3)25-18)27-9-7-22(8-10-27)6-5-21(29)28(15-22)14-19-13-23-16(2)12-24-19/h11-13H,4-10,14-15H2,1-3H3. The molecule has 4 heterocycles. The van der Waals surface area contributed by atoms with Crippen LogP contribution >= 0.6 is 0 Å². The number of rotatable bonds is 4. The van der Waals surface area contributed by atoms with Crippen LogP contribution in [0.25, 0.3) is 0 Å². The number of amides is 1. The highest BCUT2D eigenvalue weighted by molar-refractivity contribution is 5.77. The van der Waals surface area contributed by atoms with E-state index >= 15 is 0 Å². The van der Waals surface area contributed by atoms with Crippen molar-refractivity contribution in [2.75, 3.05) is 24.5 Å². The molecule has 1 amide bonds. The van der Waals surface area contributed by atoms with Crippen molar-refractivity contribution in [1.82, 2.24) is 24.8 Å². The van der Waals surface area contributed by atoms with Crippen molar-refractivity contribution in [2.45, 2.75) is 59.4 Å². The predicted molar refractivity (Wildman–Crippen MR) is 111 cm³/mol. The van der Waals surface area contributed by atoms with Crippen LogP contribution in [0.15, 0.2) is 18.5 Å². The maximum Gasteiger partial charge on any atom is 0.222 e. The molecule has 2 fully saturated rings. The fraction of sp³-hybridized carbons (Fsp3) is 0.591. The summed E-state index contributed by atoms with van der Waals surface area (Å²) in [5.74, 6) is 2.12. The molecule has 7 nitrogen and oxygen atoms in total. The molecule has 0 aliphatic carbocycles. The van der Waals surface area contributed by atoms with Crippen LogP contribution in [-0.2, 0) is 17.8 Å². The van der Waals surface area contributed by atoms with Crippen LogP contribution in [-0.4, -0.2) is 50.4 Å². The molecule has 29 heavy (non-hydrogen) atoms. The first-order valence-electron chi connectivity index (χ1n) is 10.6. The smallest absolute Gasteiger partial charge is 0.222 e. The van der Waals surface area contributed by atoms with Crippen molar-refractivity contribution < 1.29 is 4.79 Å². The van der Waals surface area contributed by atoms with Gasteiger partial charge in [0.05, 0.1) is 24.1 Å². The summed E-state index contributed by atoms with van der Waals surface area (Å²) in [6, 6.07) is 2.12. The Balaban J connectivity index is 1.42. The molecule has 1 spiro atoms. The zero-order valence-electron chi connectivity index (χ0n) is 17.7. The highest BCUT2D eigenvalue weighted by Gasteiger charge is 2.41. The molecule has 0 saturated carbocycles. The molecule has 2 saturated heterocycles. The lowest BCUT2D eigenvalue weighted by Gasteiger charge is -2.47. The van der Waals surface area contributed by atoms with Gasteiger partial charge in [-0.2, -0.15) is 0 Å². The number of aromatic nitrogens is 4. The van der Waals surface area contributed by atoms with Gasteiger partial charge in [-0.15, -0.1) is 0 Å². The van der Waals surface area contributed by atoms with E-state index in [9.17, 15) is 4.79 Å². The maximum absolute atomic E-state index is 12.5. The summed E-state index contributed by atoms with van der Waals surface area (Å²) in [6.07, 6.45) is 8.26. The minimum absolute atomic E-state index is 0.207. The van der Waals surface area contributed by atoms with Crippen molar-refractivity contribution in [3.05, 3.63) is 41.4 Å². The number of anilines is 1. The molecule has 0 N–H and O–H groups in total. The quantitative estimate of drug-likeness (QED) is 0.794. The average Bonchev–Trinajstić information content (AvgIpc) is 2.72. The summed E-state index contributed by atoms with van der Waals surface area (Å²) in [4.78, 5) is 34.8. The van der Waals surface area contributed by atoms with Crippen LogP contribution in [0.5, 0.6) is 0 Å². The Hall–Kier alpha value is -2.57. The highest BCUT2D eigenvalue weighted by Crippen LogP contribution is 2.41. The minimum Gasteiger partial charge on any atom is -0.356 e. The number of hydrogen-bond donors (Lipinski definition) is 0. The van der Waals surface area contributed by atoms with Crippen LogP contribution in [0.4, 0.5) is 5.82 Å². The van der Waals surface area contributed by atoms with Crippen LogP contribution in [0.1, 0.15) is 55.5 Å². The first-order chi connectivity index (χ1) is 14.0. The molecule has 0 unspecified atom stereocenters. The van der Waals surface area contributed by atoms with E-state index in [4.69, 9.17) is 0 Å². The van der Waals surface area contributed by atoms with E-state index in [1.165, 1.54) is 0 Å². The number of likely N-dealkylation sites (tertiary alicyclic amines) is 1. The Morgan fingerprint density at radius 3 is 2.52 bits per heavy atom. The number of carbonyl (C=O) groups is 1. The molecule has 2 aromatic rings. The van der Waals surface area contributed by atoms with Gasteiger partial charge >= 0.3 is 0 Å². The number of hydrogen-bond acceptors (Lipinski definition) is 6. The van der Waals surface area contributed by atoms with Crippen molar-refractivity contribution in [1.29, 1.82) is 0 Å². The lowest BCUT2D eigenvalue weighted by atomic mass is 9.72. The first-order valence-corrected chi connectivity index (χ1v) is 10.6. The molecule has 0 atom stereocenters. The van der Waals surface area contributed by atoms with Crippen molar-refractivity contribution >= 4 is 11.7 Å². The van der Waals surface area contributed by atoms with Crippen LogP contribution in [0.2, 0.25) is 0 Å². The van der Waals surface area contributed by atoms with Gasteiger partial charge in [0.1, 0.15) is 11.6 Å². The minimum atomic E-state index is 0.207. The number of piperidine rings is 2. The van der Waals surface area contributed by atoms with Crippen molar-refractivity contribution in [2.24, 2.45) is 5.41 Å². The van der Waals surface area contributed by atoms with Crippen LogP contribution in [0.3, 0.4) is 0 Å². The summed E-state index contributed by atoms with van der Waals surface area (Å²) in [7, 11) is 0. The summed E-state index contributed by atoms with van der Waals surface area (Å²) in [5.41, 5.74) is 3.07. The summed E-state index contributed by atoms with van der Waals surface area (Å²) >= 11 is 0. The normalized spacial score (nSPS) is 19.1. The lowest BCUT2D eigenvalue weighted by Crippen LogP contribution is -2.51. The Kier molecular flexibility index (Phi) is 5.48. The maximum atomic E-state index is 12.5. The van der Waals surface area contributed by atoms with E-state index in [1.807, 2.05) is 18.7 Å². The summed E-state index contributed by atoms with van der Waals surface area (Å²) in [5, 5.41) is 0. The molecule has 2 aliphatic heterocycles. The molecule has 7 heteroatoms. The van der Waals surface area contributed by atoms with Crippen LogP contribution in [0, 0.1) is 19.3 Å². The third-order valence-corrected chi connectivity index (χ3v) is 6.32. The SMILES string of the molecule is CCc1cc(N2CCC3(CCC(=O)N(Cc4cnc(C)cn4)C3)CC2)nc(C)n1. The van der Waals surface area contributed by atoms with E-state index in [0.717, 1.165) is 74.0 Å².